The van der Waals surface area contributed by atoms with Crippen molar-refractivity contribution in [3.63, 3.8) is 0 Å². The maximum atomic E-state index is 13.0. The third-order valence-electron chi connectivity index (χ3n) is 7.13. The molecule has 1 saturated heterocycles. The molecule has 0 unspecified atom stereocenters. The minimum atomic E-state index is -0.688. The summed E-state index contributed by atoms with van der Waals surface area (Å²) in [5.74, 6) is -1.66. The van der Waals surface area contributed by atoms with Crippen LogP contribution in [-0.4, -0.2) is 30.3 Å². The summed E-state index contributed by atoms with van der Waals surface area (Å²) in [7, 11) is 0. The maximum absolute atomic E-state index is 13.0. The zero-order chi connectivity index (χ0) is 25.1. The lowest BCUT2D eigenvalue weighted by Crippen LogP contribution is -2.31. The van der Waals surface area contributed by atoms with Gasteiger partial charge < -0.3 is 10.1 Å². The van der Waals surface area contributed by atoms with Crippen molar-refractivity contribution in [1.82, 2.24) is 0 Å². The van der Waals surface area contributed by atoms with Gasteiger partial charge in [-0.3, -0.25) is 19.3 Å². The Morgan fingerprint density at radius 1 is 0.971 bits per heavy atom. The van der Waals surface area contributed by atoms with Gasteiger partial charge in [0.25, 0.3) is 5.91 Å². The van der Waals surface area contributed by atoms with Crippen LogP contribution in [0.1, 0.15) is 61.5 Å². The summed E-state index contributed by atoms with van der Waals surface area (Å²) in [5.41, 5.74) is 3.36. The number of para-hydroxylation sites is 1. The number of ether oxygens (including phenoxy) is 1. The van der Waals surface area contributed by atoms with Crippen LogP contribution in [0.3, 0.4) is 0 Å². The molecule has 1 heterocycles. The third kappa shape index (κ3) is 4.99. The smallest absolute Gasteiger partial charge is 0.338 e. The molecule has 1 N–H and O–H groups in total. The van der Waals surface area contributed by atoms with Gasteiger partial charge in [0.2, 0.25) is 11.8 Å². The van der Waals surface area contributed by atoms with E-state index >= 15 is 0 Å². The molecule has 3 amide bonds. The number of benzene rings is 2. The second kappa shape index (κ2) is 10.4. The summed E-state index contributed by atoms with van der Waals surface area (Å²) >= 11 is 0. The van der Waals surface area contributed by atoms with E-state index in [2.05, 4.69) is 12.2 Å². The number of aryl methyl sites for hydroxylation is 2. The van der Waals surface area contributed by atoms with E-state index < -0.39 is 18.5 Å². The van der Waals surface area contributed by atoms with Crippen molar-refractivity contribution in [3.8, 4) is 0 Å². The standard InChI is InChI=1S/C28H32N2O5/c1-4-18-8-6-9-19(5-2)25(18)29-24(31)16-35-28(34)20-10-7-11-21(15-20)30-26(32)22-13-12-17(3)14-23(22)27(30)33/h6-11,15,17,22-23H,4-5,12-14,16H2,1-3H3,(H,29,31)/t17-,22+,23-/m0/s1. The lowest BCUT2D eigenvalue weighted by molar-refractivity contribution is -0.122. The molecular weight excluding hydrogens is 444 g/mol. The molecule has 1 aliphatic carbocycles. The number of nitrogens with one attached hydrogen (secondary N) is 1. The van der Waals surface area contributed by atoms with E-state index in [0.717, 1.165) is 36.1 Å². The lowest BCUT2D eigenvalue weighted by Gasteiger charge is -2.25. The predicted molar refractivity (Wildman–Crippen MR) is 133 cm³/mol. The van der Waals surface area contributed by atoms with Crippen LogP contribution in [-0.2, 0) is 32.0 Å². The van der Waals surface area contributed by atoms with Crippen LogP contribution < -0.4 is 10.2 Å². The second-order valence-corrected chi connectivity index (χ2v) is 9.48. The van der Waals surface area contributed by atoms with Gasteiger partial charge in [0.1, 0.15) is 0 Å². The Morgan fingerprint density at radius 3 is 2.31 bits per heavy atom. The summed E-state index contributed by atoms with van der Waals surface area (Å²) in [5, 5.41) is 2.87. The SMILES string of the molecule is CCc1cccc(CC)c1NC(=O)COC(=O)c1cccc(N2C(=O)[C@H]3C[C@@H](C)CC[C@H]3C2=O)c1. The van der Waals surface area contributed by atoms with Crippen LogP contribution in [0, 0.1) is 17.8 Å². The Bertz CT molecular complexity index is 1140. The number of amides is 3. The molecule has 1 aliphatic heterocycles. The Balaban J connectivity index is 1.42. The number of anilines is 2. The number of carbonyl (C=O) groups is 4. The van der Waals surface area contributed by atoms with Crippen LogP contribution in [0.25, 0.3) is 0 Å². The van der Waals surface area contributed by atoms with Gasteiger partial charge in [-0.05, 0) is 67.3 Å². The molecule has 2 fully saturated rings. The quantitative estimate of drug-likeness (QED) is 0.468. The van der Waals surface area contributed by atoms with Crippen molar-refractivity contribution in [2.45, 2.75) is 52.9 Å². The van der Waals surface area contributed by atoms with Crippen molar-refractivity contribution in [2.75, 3.05) is 16.8 Å². The van der Waals surface area contributed by atoms with Crippen LogP contribution in [0.2, 0.25) is 0 Å². The summed E-state index contributed by atoms with van der Waals surface area (Å²) in [6.45, 7) is 5.70. The summed E-state index contributed by atoms with van der Waals surface area (Å²) < 4.78 is 5.25. The number of hydrogen-bond donors (Lipinski definition) is 1. The topological polar surface area (TPSA) is 92.8 Å². The van der Waals surface area contributed by atoms with Gasteiger partial charge in [0, 0.05) is 5.69 Å². The molecule has 3 atom stereocenters. The van der Waals surface area contributed by atoms with E-state index in [9.17, 15) is 19.2 Å². The van der Waals surface area contributed by atoms with Gasteiger partial charge in [0.15, 0.2) is 6.61 Å². The second-order valence-electron chi connectivity index (χ2n) is 9.48. The molecule has 7 heteroatoms. The fraction of sp³-hybridized carbons (Fsp3) is 0.429. The summed E-state index contributed by atoms with van der Waals surface area (Å²) in [4.78, 5) is 52.4. The minimum Gasteiger partial charge on any atom is -0.452 e. The first-order valence-electron chi connectivity index (χ1n) is 12.4. The highest BCUT2D eigenvalue weighted by molar-refractivity contribution is 6.22. The Hall–Kier alpha value is -3.48. The van der Waals surface area contributed by atoms with E-state index in [1.807, 2.05) is 32.0 Å². The Morgan fingerprint density at radius 2 is 1.63 bits per heavy atom. The first-order chi connectivity index (χ1) is 16.8. The number of carbonyl (C=O) groups excluding carboxylic acids is 4. The highest BCUT2D eigenvalue weighted by atomic mass is 16.5. The molecule has 0 aromatic heterocycles. The fourth-order valence-electron chi connectivity index (χ4n) is 5.21. The average Bonchev–Trinajstić information content (AvgIpc) is 3.11. The number of rotatable bonds is 7. The van der Waals surface area contributed by atoms with E-state index in [-0.39, 0.29) is 29.2 Å². The number of fused-ring (bicyclic) bond motifs is 1. The van der Waals surface area contributed by atoms with Crippen molar-refractivity contribution in [1.29, 1.82) is 0 Å². The van der Waals surface area contributed by atoms with Gasteiger partial charge in [0.05, 0.1) is 23.1 Å². The van der Waals surface area contributed by atoms with Gasteiger partial charge in [-0.15, -0.1) is 0 Å². The molecule has 0 bridgehead atoms. The van der Waals surface area contributed by atoms with Crippen molar-refractivity contribution in [2.24, 2.45) is 17.8 Å². The molecule has 184 valence electrons. The molecule has 1 saturated carbocycles. The van der Waals surface area contributed by atoms with Crippen molar-refractivity contribution >= 4 is 35.1 Å². The minimum absolute atomic E-state index is 0.183. The third-order valence-corrected chi connectivity index (χ3v) is 7.13. The molecule has 2 aromatic carbocycles. The maximum Gasteiger partial charge on any atom is 0.338 e. The number of esters is 1. The van der Waals surface area contributed by atoms with Gasteiger partial charge in [-0.2, -0.15) is 0 Å². The van der Waals surface area contributed by atoms with Gasteiger partial charge in [-0.25, -0.2) is 4.79 Å². The predicted octanol–water partition coefficient (Wildman–Crippen LogP) is 4.53. The molecule has 0 radical (unpaired) electrons. The van der Waals surface area contributed by atoms with Crippen molar-refractivity contribution in [3.05, 3.63) is 59.2 Å². The van der Waals surface area contributed by atoms with Gasteiger partial charge >= 0.3 is 5.97 Å². The molecule has 2 aliphatic rings. The zero-order valence-corrected chi connectivity index (χ0v) is 20.5. The molecule has 4 rings (SSSR count). The van der Waals surface area contributed by atoms with E-state index in [1.54, 1.807) is 18.2 Å². The van der Waals surface area contributed by atoms with E-state index in [1.165, 1.54) is 11.0 Å². The highest BCUT2D eigenvalue weighted by Gasteiger charge is 2.50. The Kier molecular flexibility index (Phi) is 7.34. The highest BCUT2D eigenvalue weighted by Crippen LogP contribution is 2.42. The molecule has 35 heavy (non-hydrogen) atoms. The monoisotopic (exact) mass is 476 g/mol. The van der Waals surface area contributed by atoms with Crippen LogP contribution in [0.5, 0.6) is 0 Å². The fourth-order valence-corrected chi connectivity index (χ4v) is 5.21. The van der Waals surface area contributed by atoms with E-state index in [0.29, 0.717) is 24.4 Å². The van der Waals surface area contributed by atoms with Gasteiger partial charge in [-0.1, -0.05) is 45.0 Å². The van der Waals surface area contributed by atoms with Crippen LogP contribution >= 0.6 is 0 Å². The molecule has 7 nitrogen and oxygen atoms in total. The molecule has 0 spiro atoms. The van der Waals surface area contributed by atoms with Crippen molar-refractivity contribution < 1.29 is 23.9 Å². The summed E-state index contributed by atoms with van der Waals surface area (Å²) in [6.07, 6.45) is 3.90. The van der Waals surface area contributed by atoms with Crippen LogP contribution in [0.4, 0.5) is 11.4 Å². The zero-order valence-electron chi connectivity index (χ0n) is 20.5. The summed E-state index contributed by atoms with van der Waals surface area (Å²) in [6, 6.07) is 12.2. The first kappa shape index (κ1) is 24.6. The van der Waals surface area contributed by atoms with E-state index in [4.69, 9.17) is 4.74 Å². The number of hydrogen-bond acceptors (Lipinski definition) is 5. The number of nitrogens with zero attached hydrogens (tertiary/aromatic N) is 1. The average molecular weight is 477 g/mol. The molecular formula is C28H32N2O5. The largest absolute Gasteiger partial charge is 0.452 e. The molecule has 2 aromatic rings. The number of imide groups is 1. The first-order valence-corrected chi connectivity index (χ1v) is 12.4. The normalized spacial score (nSPS) is 21.6. The van der Waals surface area contributed by atoms with Crippen LogP contribution in [0.15, 0.2) is 42.5 Å². The lowest BCUT2D eigenvalue weighted by atomic mass is 9.76. The Labute approximate surface area is 205 Å².